The predicted molar refractivity (Wildman–Crippen MR) is 141 cm³/mol. The first kappa shape index (κ1) is 27.7. The third-order valence-electron chi connectivity index (χ3n) is 6.88. The highest BCUT2D eigenvalue weighted by Gasteiger charge is 2.43. The van der Waals surface area contributed by atoms with E-state index in [1.54, 1.807) is 33.3 Å². The number of methoxy groups -OCH3 is 2. The fourth-order valence-electron chi connectivity index (χ4n) is 5.14. The van der Waals surface area contributed by atoms with Gasteiger partial charge in [0.15, 0.2) is 17.3 Å². The molecule has 1 heterocycles. The van der Waals surface area contributed by atoms with Gasteiger partial charge in [-0.25, -0.2) is 9.18 Å². The number of ether oxygens (including phenoxy) is 4. The van der Waals surface area contributed by atoms with Crippen LogP contribution in [0.25, 0.3) is 0 Å². The van der Waals surface area contributed by atoms with Gasteiger partial charge in [-0.05, 0) is 56.0 Å². The number of hydrogen-bond acceptors (Lipinski definition) is 7. The minimum atomic E-state index is -1.00. The van der Waals surface area contributed by atoms with E-state index in [1.807, 2.05) is 19.1 Å². The fraction of sp³-hybridized carbons (Fsp3) is 0.379. The SMILES string of the molecule is CCOCCOC(=O)C1=C(C)NC2=C(C(=O)C[C@H](c3ccc(OC)c(OC)c3)C2)[C@@H]1c1c(F)cccc1Cl. The second-order valence-electron chi connectivity index (χ2n) is 9.10. The number of dihydropyridines is 1. The molecule has 1 aliphatic heterocycles. The lowest BCUT2D eigenvalue weighted by molar-refractivity contribution is -0.140. The molecule has 4 rings (SSSR count). The summed E-state index contributed by atoms with van der Waals surface area (Å²) in [7, 11) is 3.12. The van der Waals surface area contributed by atoms with Crippen LogP contribution in [0.1, 0.15) is 49.7 Å². The number of carbonyl (C=O) groups excluding carboxylic acids is 2. The minimum Gasteiger partial charge on any atom is -0.493 e. The molecule has 0 amide bonds. The molecule has 0 unspecified atom stereocenters. The molecule has 1 N–H and O–H groups in total. The number of carbonyl (C=O) groups is 2. The number of rotatable bonds is 9. The Morgan fingerprint density at radius 2 is 1.87 bits per heavy atom. The largest absolute Gasteiger partial charge is 0.493 e. The molecule has 7 nitrogen and oxygen atoms in total. The van der Waals surface area contributed by atoms with Crippen molar-refractivity contribution in [2.75, 3.05) is 34.0 Å². The Hall–Kier alpha value is -3.36. The van der Waals surface area contributed by atoms with Crippen molar-refractivity contribution in [1.82, 2.24) is 5.32 Å². The van der Waals surface area contributed by atoms with E-state index >= 15 is 4.39 Å². The zero-order chi connectivity index (χ0) is 27.4. The van der Waals surface area contributed by atoms with E-state index in [0.717, 1.165) is 5.56 Å². The third-order valence-corrected chi connectivity index (χ3v) is 7.21. The zero-order valence-electron chi connectivity index (χ0n) is 21.9. The maximum Gasteiger partial charge on any atom is 0.336 e. The van der Waals surface area contributed by atoms with Gasteiger partial charge in [0.05, 0.1) is 32.3 Å². The van der Waals surface area contributed by atoms with Crippen LogP contribution in [0.2, 0.25) is 5.02 Å². The van der Waals surface area contributed by atoms with Crippen molar-refractivity contribution in [3.63, 3.8) is 0 Å². The summed E-state index contributed by atoms with van der Waals surface area (Å²) in [6.45, 7) is 4.30. The van der Waals surface area contributed by atoms with Gasteiger partial charge in [-0.3, -0.25) is 4.79 Å². The lowest BCUT2D eigenvalue weighted by atomic mass is 9.71. The van der Waals surface area contributed by atoms with Crippen LogP contribution in [0.3, 0.4) is 0 Å². The molecule has 0 saturated heterocycles. The number of halogens is 2. The molecular formula is C29H31ClFNO6. The van der Waals surface area contributed by atoms with Gasteiger partial charge in [0, 0.05) is 40.6 Å². The molecule has 0 saturated carbocycles. The summed E-state index contributed by atoms with van der Waals surface area (Å²) in [6, 6.07) is 9.89. The first-order valence-electron chi connectivity index (χ1n) is 12.4. The van der Waals surface area contributed by atoms with E-state index in [-0.39, 0.29) is 47.5 Å². The molecule has 0 aromatic heterocycles. The van der Waals surface area contributed by atoms with E-state index in [1.165, 1.54) is 12.1 Å². The van der Waals surface area contributed by atoms with Crippen LogP contribution in [0.4, 0.5) is 4.39 Å². The van der Waals surface area contributed by atoms with Gasteiger partial charge in [0.25, 0.3) is 0 Å². The highest BCUT2D eigenvalue weighted by atomic mass is 35.5. The van der Waals surface area contributed by atoms with Crippen molar-refractivity contribution in [3.8, 4) is 11.5 Å². The topological polar surface area (TPSA) is 83.1 Å². The number of Topliss-reactive ketones (excluding diaryl/α,β-unsaturated/α-hetero) is 1. The summed E-state index contributed by atoms with van der Waals surface area (Å²) in [5.41, 5.74) is 2.59. The quantitative estimate of drug-likeness (QED) is 0.333. The third kappa shape index (κ3) is 5.42. The number of esters is 1. The number of hydrogen-bond donors (Lipinski definition) is 1. The van der Waals surface area contributed by atoms with Gasteiger partial charge in [-0.15, -0.1) is 0 Å². The molecule has 0 radical (unpaired) electrons. The van der Waals surface area contributed by atoms with Crippen molar-refractivity contribution in [2.24, 2.45) is 0 Å². The minimum absolute atomic E-state index is 0.0302. The molecule has 2 atom stereocenters. The highest BCUT2D eigenvalue weighted by Crippen LogP contribution is 2.48. The molecule has 0 fully saturated rings. The molecule has 1 aliphatic carbocycles. The summed E-state index contributed by atoms with van der Waals surface area (Å²) in [6.07, 6.45) is 0.646. The number of allylic oxidation sites excluding steroid dienone is 3. The normalized spacial score (nSPS) is 19.2. The van der Waals surface area contributed by atoms with Gasteiger partial charge in [-0.1, -0.05) is 23.7 Å². The number of nitrogens with one attached hydrogen (secondary N) is 1. The summed E-state index contributed by atoms with van der Waals surface area (Å²) >= 11 is 6.48. The monoisotopic (exact) mass is 543 g/mol. The van der Waals surface area contributed by atoms with E-state index in [4.69, 9.17) is 30.5 Å². The van der Waals surface area contributed by atoms with E-state index in [2.05, 4.69) is 5.32 Å². The fourth-order valence-corrected chi connectivity index (χ4v) is 5.41. The van der Waals surface area contributed by atoms with Crippen LogP contribution in [0.15, 0.2) is 58.9 Å². The van der Waals surface area contributed by atoms with Crippen molar-refractivity contribution < 1.29 is 32.9 Å². The van der Waals surface area contributed by atoms with Gasteiger partial charge in [0.1, 0.15) is 12.4 Å². The van der Waals surface area contributed by atoms with Crippen LogP contribution < -0.4 is 14.8 Å². The Balaban J connectivity index is 1.75. The summed E-state index contributed by atoms with van der Waals surface area (Å²) in [5, 5.41) is 3.39. The van der Waals surface area contributed by atoms with Crippen LogP contribution in [-0.2, 0) is 19.1 Å². The van der Waals surface area contributed by atoms with E-state index in [0.29, 0.717) is 41.5 Å². The Labute approximate surface area is 226 Å². The van der Waals surface area contributed by atoms with Crippen LogP contribution >= 0.6 is 11.6 Å². The Morgan fingerprint density at radius 1 is 1.11 bits per heavy atom. The molecule has 2 aromatic carbocycles. The molecule has 2 aromatic rings. The first-order chi connectivity index (χ1) is 18.3. The maximum atomic E-state index is 15.3. The van der Waals surface area contributed by atoms with Gasteiger partial charge in [0.2, 0.25) is 0 Å². The summed E-state index contributed by atoms with van der Waals surface area (Å²) in [5.74, 6) is -1.45. The molecule has 202 valence electrons. The van der Waals surface area contributed by atoms with Crippen molar-refractivity contribution >= 4 is 23.4 Å². The smallest absolute Gasteiger partial charge is 0.336 e. The molecule has 0 spiro atoms. The Bertz CT molecular complexity index is 1280. The van der Waals surface area contributed by atoms with Crippen molar-refractivity contribution in [3.05, 3.63) is 80.9 Å². The van der Waals surface area contributed by atoms with Crippen LogP contribution in [0.5, 0.6) is 11.5 Å². The molecule has 9 heteroatoms. The van der Waals surface area contributed by atoms with Crippen LogP contribution in [0, 0.1) is 5.82 Å². The average Bonchev–Trinajstić information content (AvgIpc) is 2.90. The second kappa shape index (κ2) is 12.0. The number of benzene rings is 2. The zero-order valence-corrected chi connectivity index (χ0v) is 22.6. The van der Waals surface area contributed by atoms with Gasteiger partial charge in [-0.2, -0.15) is 0 Å². The molecular weight excluding hydrogens is 513 g/mol. The maximum absolute atomic E-state index is 15.3. The first-order valence-corrected chi connectivity index (χ1v) is 12.8. The van der Waals surface area contributed by atoms with E-state index < -0.39 is 17.7 Å². The van der Waals surface area contributed by atoms with Gasteiger partial charge >= 0.3 is 5.97 Å². The molecule has 38 heavy (non-hydrogen) atoms. The lowest BCUT2D eigenvalue weighted by Crippen LogP contribution is -2.36. The van der Waals surface area contributed by atoms with E-state index in [9.17, 15) is 9.59 Å². The molecule has 0 bridgehead atoms. The lowest BCUT2D eigenvalue weighted by Gasteiger charge is -2.37. The second-order valence-corrected chi connectivity index (χ2v) is 9.51. The van der Waals surface area contributed by atoms with Crippen LogP contribution in [-0.4, -0.2) is 45.8 Å². The summed E-state index contributed by atoms with van der Waals surface area (Å²) in [4.78, 5) is 27.0. The average molecular weight is 544 g/mol. The Morgan fingerprint density at radius 3 is 2.55 bits per heavy atom. The Kier molecular flexibility index (Phi) is 8.74. The van der Waals surface area contributed by atoms with Gasteiger partial charge < -0.3 is 24.3 Å². The van der Waals surface area contributed by atoms with Crippen molar-refractivity contribution in [1.29, 1.82) is 0 Å². The number of ketones is 1. The summed E-state index contributed by atoms with van der Waals surface area (Å²) < 4.78 is 36.8. The predicted octanol–water partition coefficient (Wildman–Crippen LogP) is 5.44. The molecule has 2 aliphatic rings. The van der Waals surface area contributed by atoms with Crippen molar-refractivity contribution in [2.45, 2.75) is 38.5 Å². The highest BCUT2D eigenvalue weighted by molar-refractivity contribution is 6.31. The standard InChI is InChI=1S/C29H31ClFNO6/c1-5-37-11-12-38-29(34)25-16(2)32-21-13-18(17-9-10-23(35-3)24(15-17)36-4)14-22(33)27(21)28(25)26-19(30)7-6-8-20(26)31/h6-10,15,18,28,32H,5,11-14H2,1-4H3/t18-,28+/m1/s1.